The average molecular weight is 438 g/mol. The van der Waals surface area contributed by atoms with Crippen molar-refractivity contribution >= 4 is 10.4 Å². The monoisotopic (exact) mass is 436 g/mol. The molecule has 12 nitrogen and oxygen atoms in total. The smallest absolute Gasteiger partial charge is 0.356 e. The normalized spacial score (nSPS) is 7.07. The second-order valence-corrected chi connectivity index (χ2v) is 1.79. The van der Waals surface area contributed by atoms with Crippen LogP contribution in [0.25, 0.3) is 0 Å². The maximum atomic E-state index is 8.74. The van der Waals surface area contributed by atoms with E-state index < -0.39 is 20.6 Å². The van der Waals surface area contributed by atoms with Crippen molar-refractivity contribution in [3.05, 3.63) is 30.6 Å². The third-order valence-corrected chi connectivity index (χ3v) is 0. The molecule has 0 atom stereocenters. The van der Waals surface area contributed by atoms with Crippen LogP contribution in [0.2, 0.25) is 0 Å². The van der Waals surface area contributed by atoms with E-state index in [4.69, 9.17) is 48.2 Å². The maximum Gasteiger partial charge on any atom is 1.00 e. The summed E-state index contributed by atoms with van der Waals surface area (Å²) in [6, 6.07) is 0. The van der Waals surface area contributed by atoms with Crippen LogP contribution in [-0.4, -0.2) is 27.7 Å². The van der Waals surface area contributed by atoms with Crippen LogP contribution >= 0.6 is 0 Å². The zero-order chi connectivity index (χ0) is 11.7. The van der Waals surface area contributed by atoms with E-state index >= 15 is 0 Å². The van der Waals surface area contributed by atoms with E-state index in [1.54, 1.807) is 0 Å². The molecule has 0 unspecified atom stereocenters. The van der Waals surface area contributed by atoms with Gasteiger partial charge in [0.05, 0.1) is 10.2 Å². The fourth-order valence-electron chi connectivity index (χ4n) is 0. The summed E-state index contributed by atoms with van der Waals surface area (Å²) >= 11 is 0. The van der Waals surface area contributed by atoms with E-state index in [-0.39, 0.29) is 44.8 Å². The third kappa shape index (κ3) is 30500. The minimum atomic E-state index is -4.67. The Balaban J connectivity index is -0.0000000315. The molecule has 0 bridgehead atoms. The van der Waals surface area contributed by atoms with Gasteiger partial charge >= 0.3 is 55.2 Å². The van der Waals surface area contributed by atoms with Crippen LogP contribution in [0.15, 0.2) is 0 Å². The Kier molecular flexibility index (Phi) is 31.7. The number of nitrogens with zero attached hydrogens (tertiary/aromatic N) is 2. The van der Waals surface area contributed by atoms with Gasteiger partial charge in [-0.3, -0.25) is 9.11 Å². The van der Waals surface area contributed by atoms with Crippen molar-refractivity contribution in [1.82, 2.24) is 0 Å². The third-order valence-electron chi connectivity index (χ3n) is 0. The molecule has 0 amide bonds. The topological polar surface area (TPSA) is 207 Å². The predicted octanol–water partition coefficient (Wildman–Crippen LogP) is -1.14. The van der Waals surface area contributed by atoms with Crippen molar-refractivity contribution < 1.29 is 72.5 Å². The first-order chi connectivity index (χ1) is 5.46. The molecule has 15 heavy (non-hydrogen) atoms. The van der Waals surface area contributed by atoms with Gasteiger partial charge in [-0.15, -0.1) is 0 Å². The van der Waals surface area contributed by atoms with E-state index in [2.05, 4.69) is 0 Å². The van der Waals surface area contributed by atoms with E-state index in [1.165, 1.54) is 0 Å². The van der Waals surface area contributed by atoms with Crippen LogP contribution in [0.1, 0.15) is 0 Å². The first-order valence-electron chi connectivity index (χ1n) is 1.79. The Morgan fingerprint density at radius 2 is 0.800 bits per heavy atom. The van der Waals surface area contributed by atoms with Crippen LogP contribution in [-0.2, 0) is 55.2 Å². The Morgan fingerprint density at radius 1 is 0.800 bits per heavy atom. The van der Waals surface area contributed by atoms with Crippen molar-refractivity contribution in [1.29, 1.82) is 0 Å². The number of hydrogen-bond donors (Lipinski definition) is 2. The second kappa shape index (κ2) is 16.2. The van der Waals surface area contributed by atoms with Crippen LogP contribution in [0.5, 0.6) is 0 Å². The molecule has 0 aliphatic rings. The minimum absolute atomic E-state index is 0. The van der Waals surface area contributed by atoms with Crippen LogP contribution in [0, 0.1) is 30.6 Å². The Bertz CT molecular complexity index is 216. The summed E-state index contributed by atoms with van der Waals surface area (Å²) in [5, 5.41) is 29.5. The molecule has 15 heteroatoms. The molecule has 0 heterocycles. The standard InChI is InChI=1S/2Ag.2NO3.H2O4S/c;;2*2-1(3)4;1-5(2,3)4/h;;;;(H2,1,2,3,4)/q2*+1;2*-1;. The molecular weight excluding hydrogens is 436 g/mol. The zero-order valence-corrected chi connectivity index (χ0v) is 9.85. The van der Waals surface area contributed by atoms with Gasteiger partial charge in [-0.2, -0.15) is 8.42 Å². The van der Waals surface area contributed by atoms with Gasteiger partial charge in [0.2, 0.25) is 0 Å². The van der Waals surface area contributed by atoms with Gasteiger partial charge in [0.1, 0.15) is 0 Å². The van der Waals surface area contributed by atoms with Gasteiger partial charge in [-0.05, 0) is 0 Å². The molecular formula is H2Ag2N2O10S. The summed E-state index contributed by atoms with van der Waals surface area (Å²) in [6.45, 7) is 0. The molecule has 0 aromatic rings. The Morgan fingerprint density at radius 3 is 0.800 bits per heavy atom. The Hall–Kier alpha value is -0.249. The fraction of sp³-hybridized carbons (Fsp3) is 0. The van der Waals surface area contributed by atoms with E-state index in [9.17, 15) is 0 Å². The molecule has 0 radical (unpaired) electrons. The molecule has 0 saturated heterocycles. The van der Waals surface area contributed by atoms with Crippen LogP contribution < -0.4 is 0 Å². The summed E-state index contributed by atoms with van der Waals surface area (Å²) < 4.78 is 31.6. The molecule has 100 valence electrons. The largest absolute Gasteiger partial charge is 1.00 e. The first kappa shape index (κ1) is 29.3. The van der Waals surface area contributed by atoms with E-state index in [0.717, 1.165) is 0 Å². The van der Waals surface area contributed by atoms with E-state index in [1.807, 2.05) is 0 Å². The van der Waals surface area contributed by atoms with Gasteiger partial charge in [-0.25, -0.2) is 0 Å². The average Bonchev–Trinajstić information content (AvgIpc) is 1.50. The molecule has 0 aliphatic heterocycles. The van der Waals surface area contributed by atoms with Crippen molar-refractivity contribution in [3.63, 3.8) is 0 Å². The van der Waals surface area contributed by atoms with Crippen molar-refractivity contribution in [2.24, 2.45) is 0 Å². The molecule has 0 aromatic carbocycles. The summed E-state index contributed by atoms with van der Waals surface area (Å²) in [5.41, 5.74) is 0. The molecule has 0 rings (SSSR count). The molecule has 0 aromatic heterocycles. The van der Waals surface area contributed by atoms with Crippen LogP contribution in [0.3, 0.4) is 0 Å². The van der Waals surface area contributed by atoms with E-state index in [0.29, 0.717) is 0 Å². The SMILES string of the molecule is O=S(=O)(O)O.O=[N+]([O-])[O-].O=[N+]([O-])[O-].[Ag+].[Ag+]. The number of rotatable bonds is 0. The molecule has 2 N–H and O–H groups in total. The van der Waals surface area contributed by atoms with Crippen molar-refractivity contribution in [2.45, 2.75) is 0 Å². The Labute approximate surface area is 113 Å². The molecule has 0 fully saturated rings. The minimum Gasteiger partial charge on any atom is -0.356 e. The quantitative estimate of drug-likeness (QED) is 0.201. The van der Waals surface area contributed by atoms with Gasteiger partial charge in [0, 0.05) is 0 Å². The zero-order valence-electron chi connectivity index (χ0n) is 6.07. The first-order valence-corrected chi connectivity index (χ1v) is 3.19. The van der Waals surface area contributed by atoms with Crippen LogP contribution in [0.4, 0.5) is 0 Å². The summed E-state index contributed by atoms with van der Waals surface area (Å²) in [4.78, 5) is 16.5. The number of hydrogen-bond acceptors (Lipinski definition) is 8. The van der Waals surface area contributed by atoms with Crippen molar-refractivity contribution in [3.8, 4) is 0 Å². The molecule has 0 spiro atoms. The van der Waals surface area contributed by atoms with Gasteiger partial charge in [0.15, 0.2) is 0 Å². The second-order valence-electron chi connectivity index (χ2n) is 0.895. The molecule has 0 aliphatic carbocycles. The summed E-state index contributed by atoms with van der Waals surface area (Å²) in [6.07, 6.45) is 0. The maximum absolute atomic E-state index is 8.74. The fourth-order valence-corrected chi connectivity index (χ4v) is 0. The summed E-state index contributed by atoms with van der Waals surface area (Å²) in [5.74, 6) is 0. The van der Waals surface area contributed by atoms with Gasteiger partial charge < -0.3 is 30.6 Å². The molecule has 0 saturated carbocycles. The van der Waals surface area contributed by atoms with Gasteiger partial charge in [-0.1, -0.05) is 0 Å². The van der Waals surface area contributed by atoms with Crippen molar-refractivity contribution in [2.75, 3.05) is 0 Å². The van der Waals surface area contributed by atoms with Gasteiger partial charge in [0.25, 0.3) is 0 Å². The predicted molar refractivity (Wildman–Crippen MR) is 34.9 cm³/mol. The summed E-state index contributed by atoms with van der Waals surface area (Å²) in [7, 11) is -4.67.